The number of imidazole rings is 1. The zero-order chi connectivity index (χ0) is 14.3. The maximum absolute atomic E-state index is 12.3. The third-order valence-electron chi connectivity index (χ3n) is 5.06. The fourth-order valence-electron chi connectivity index (χ4n) is 3.60. The first-order valence-electron chi connectivity index (χ1n) is 7.67. The predicted molar refractivity (Wildman–Crippen MR) is 80.6 cm³/mol. The normalized spacial score (nSPS) is 23.3. The molecule has 5 heteroatoms. The lowest BCUT2D eigenvalue weighted by molar-refractivity contribution is -0.123. The van der Waals surface area contributed by atoms with Gasteiger partial charge < -0.3 is 15.6 Å². The van der Waals surface area contributed by atoms with Crippen molar-refractivity contribution >= 4 is 16.9 Å². The van der Waals surface area contributed by atoms with Crippen LogP contribution in [0.25, 0.3) is 11.0 Å². The van der Waals surface area contributed by atoms with E-state index >= 15 is 0 Å². The summed E-state index contributed by atoms with van der Waals surface area (Å²) >= 11 is 0. The Balaban J connectivity index is 1.37. The number of nitrogens with zero attached hydrogens (tertiary/aromatic N) is 1. The highest BCUT2D eigenvalue weighted by Gasteiger charge is 2.57. The Morgan fingerprint density at radius 1 is 1.38 bits per heavy atom. The molecule has 21 heavy (non-hydrogen) atoms. The average molecular weight is 284 g/mol. The van der Waals surface area contributed by atoms with Crippen molar-refractivity contribution in [2.75, 3.05) is 13.1 Å². The van der Waals surface area contributed by atoms with E-state index in [9.17, 15) is 4.79 Å². The van der Waals surface area contributed by atoms with Crippen LogP contribution in [0.4, 0.5) is 0 Å². The van der Waals surface area contributed by atoms with Gasteiger partial charge in [0.1, 0.15) is 0 Å². The topological polar surface area (TPSA) is 69.8 Å². The minimum atomic E-state index is 0.224. The zero-order valence-corrected chi connectivity index (χ0v) is 12.0. The Bertz CT molecular complexity index is 672. The molecule has 1 aromatic carbocycles. The molecule has 1 spiro atoms. The van der Waals surface area contributed by atoms with Crippen LogP contribution in [-0.2, 0) is 11.3 Å². The van der Waals surface area contributed by atoms with Gasteiger partial charge >= 0.3 is 0 Å². The molecule has 2 heterocycles. The molecule has 2 fully saturated rings. The molecule has 0 bridgehead atoms. The molecule has 2 aromatic rings. The smallest absolute Gasteiger partial charge is 0.223 e. The van der Waals surface area contributed by atoms with Crippen LogP contribution in [0.15, 0.2) is 24.5 Å². The highest BCUT2D eigenvalue weighted by Crippen LogP contribution is 2.58. The third-order valence-corrected chi connectivity index (χ3v) is 5.06. The number of hydrogen-bond acceptors (Lipinski definition) is 3. The quantitative estimate of drug-likeness (QED) is 0.801. The molecule has 1 aromatic heterocycles. The molecular weight excluding hydrogens is 264 g/mol. The van der Waals surface area contributed by atoms with Gasteiger partial charge in [0.2, 0.25) is 5.91 Å². The molecule has 1 aliphatic carbocycles. The summed E-state index contributed by atoms with van der Waals surface area (Å²) in [5.41, 5.74) is 3.40. The van der Waals surface area contributed by atoms with Crippen LogP contribution < -0.4 is 10.6 Å². The van der Waals surface area contributed by atoms with Gasteiger partial charge in [-0.2, -0.15) is 0 Å². The fraction of sp³-hybridized carbons (Fsp3) is 0.500. The average Bonchev–Trinajstić information content (AvgIpc) is 2.99. The zero-order valence-electron chi connectivity index (χ0n) is 12.0. The van der Waals surface area contributed by atoms with Crippen LogP contribution in [0.1, 0.15) is 24.8 Å². The van der Waals surface area contributed by atoms with Gasteiger partial charge in [0.15, 0.2) is 0 Å². The standard InChI is InChI=1S/C16H20N4O/c21-15(12-8-16(12)3-5-17-6-4-16)18-9-11-1-2-13-14(7-11)20-10-19-13/h1-2,7,10,12,17H,3-6,8-9H2,(H,18,21)(H,19,20). The molecule has 1 amide bonds. The van der Waals surface area contributed by atoms with Crippen LogP contribution in [0.5, 0.6) is 0 Å². The van der Waals surface area contributed by atoms with Crippen molar-refractivity contribution in [1.29, 1.82) is 0 Å². The van der Waals surface area contributed by atoms with Crippen molar-refractivity contribution in [2.45, 2.75) is 25.8 Å². The number of rotatable bonds is 3. The Morgan fingerprint density at radius 3 is 3.10 bits per heavy atom. The monoisotopic (exact) mass is 284 g/mol. The number of carbonyl (C=O) groups is 1. The number of carbonyl (C=O) groups excluding carboxylic acids is 1. The van der Waals surface area contributed by atoms with Crippen LogP contribution >= 0.6 is 0 Å². The van der Waals surface area contributed by atoms with Crippen LogP contribution in [-0.4, -0.2) is 29.0 Å². The molecule has 1 atom stereocenters. The Labute approximate surface area is 123 Å². The molecule has 1 saturated heterocycles. The first-order chi connectivity index (χ1) is 10.3. The fourth-order valence-corrected chi connectivity index (χ4v) is 3.60. The number of piperidine rings is 1. The van der Waals surface area contributed by atoms with E-state index in [0.29, 0.717) is 12.0 Å². The van der Waals surface area contributed by atoms with E-state index in [0.717, 1.165) is 48.9 Å². The van der Waals surface area contributed by atoms with E-state index in [1.165, 1.54) is 0 Å². The van der Waals surface area contributed by atoms with E-state index in [1.807, 2.05) is 12.1 Å². The molecule has 0 radical (unpaired) electrons. The van der Waals surface area contributed by atoms with Crippen molar-refractivity contribution in [3.8, 4) is 0 Å². The van der Waals surface area contributed by atoms with Crippen molar-refractivity contribution in [3.05, 3.63) is 30.1 Å². The van der Waals surface area contributed by atoms with Gasteiger partial charge in [0.25, 0.3) is 0 Å². The van der Waals surface area contributed by atoms with E-state index < -0.39 is 0 Å². The molecule has 5 nitrogen and oxygen atoms in total. The number of aromatic amines is 1. The van der Waals surface area contributed by atoms with Crippen LogP contribution in [0.2, 0.25) is 0 Å². The maximum Gasteiger partial charge on any atom is 0.223 e. The maximum atomic E-state index is 12.3. The van der Waals surface area contributed by atoms with Crippen molar-refractivity contribution in [3.63, 3.8) is 0 Å². The number of benzene rings is 1. The molecular formula is C16H20N4O. The number of hydrogen-bond donors (Lipinski definition) is 3. The highest BCUT2D eigenvalue weighted by atomic mass is 16.2. The number of amides is 1. The Kier molecular flexibility index (Phi) is 2.96. The molecule has 1 unspecified atom stereocenters. The van der Waals surface area contributed by atoms with Gasteiger partial charge in [-0.25, -0.2) is 4.98 Å². The third kappa shape index (κ3) is 2.31. The summed E-state index contributed by atoms with van der Waals surface area (Å²) in [6.07, 6.45) is 5.05. The van der Waals surface area contributed by atoms with E-state index in [2.05, 4.69) is 26.7 Å². The number of aromatic nitrogens is 2. The highest BCUT2D eigenvalue weighted by molar-refractivity contribution is 5.82. The number of nitrogens with one attached hydrogen (secondary N) is 3. The predicted octanol–water partition coefficient (Wildman–Crippen LogP) is 1.57. The Morgan fingerprint density at radius 2 is 2.24 bits per heavy atom. The summed E-state index contributed by atoms with van der Waals surface area (Å²) in [5.74, 6) is 0.456. The second kappa shape index (κ2) is 4.84. The van der Waals surface area contributed by atoms with Gasteiger partial charge in [-0.1, -0.05) is 6.07 Å². The first kappa shape index (κ1) is 12.8. The largest absolute Gasteiger partial charge is 0.352 e. The van der Waals surface area contributed by atoms with Gasteiger partial charge in [0, 0.05) is 12.5 Å². The summed E-state index contributed by atoms with van der Waals surface area (Å²) in [6, 6.07) is 6.06. The van der Waals surface area contributed by atoms with E-state index in [4.69, 9.17) is 0 Å². The van der Waals surface area contributed by atoms with Crippen molar-refractivity contribution in [1.82, 2.24) is 20.6 Å². The van der Waals surface area contributed by atoms with E-state index in [-0.39, 0.29) is 11.8 Å². The molecule has 1 saturated carbocycles. The van der Waals surface area contributed by atoms with Crippen molar-refractivity contribution in [2.24, 2.45) is 11.3 Å². The van der Waals surface area contributed by atoms with Gasteiger partial charge in [-0.05, 0) is 55.5 Å². The summed E-state index contributed by atoms with van der Waals surface area (Å²) in [5, 5.41) is 6.47. The number of H-pyrrole nitrogens is 1. The minimum absolute atomic E-state index is 0.224. The lowest BCUT2D eigenvalue weighted by Crippen LogP contribution is -2.33. The summed E-state index contributed by atoms with van der Waals surface area (Å²) in [6.45, 7) is 2.71. The SMILES string of the molecule is O=C(NCc1ccc2nc[nH]c2c1)C1CC12CCNCC2. The first-order valence-corrected chi connectivity index (χ1v) is 7.67. The lowest BCUT2D eigenvalue weighted by Gasteiger charge is -2.23. The summed E-state index contributed by atoms with van der Waals surface area (Å²) in [4.78, 5) is 19.6. The van der Waals surface area contributed by atoms with Gasteiger partial charge in [-0.15, -0.1) is 0 Å². The molecule has 110 valence electrons. The van der Waals surface area contributed by atoms with E-state index in [1.54, 1.807) is 6.33 Å². The Hall–Kier alpha value is -1.88. The molecule has 3 N–H and O–H groups in total. The van der Waals surface area contributed by atoms with Gasteiger partial charge in [-0.3, -0.25) is 4.79 Å². The molecule has 1 aliphatic heterocycles. The molecule has 2 aliphatic rings. The number of fused-ring (bicyclic) bond motifs is 1. The lowest BCUT2D eigenvalue weighted by atomic mass is 9.92. The van der Waals surface area contributed by atoms with Crippen LogP contribution in [0, 0.1) is 11.3 Å². The summed E-state index contributed by atoms with van der Waals surface area (Å²) in [7, 11) is 0. The second-order valence-electron chi connectivity index (χ2n) is 6.34. The van der Waals surface area contributed by atoms with Crippen LogP contribution in [0.3, 0.4) is 0 Å². The van der Waals surface area contributed by atoms with Crippen molar-refractivity contribution < 1.29 is 4.79 Å². The second-order valence-corrected chi connectivity index (χ2v) is 6.34. The minimum Gasteiger partial charge on any atom is -0.352 e. The summed E-state index contributed by atoms with van der Waals surface area (Å²) < 4.78 is 0. The van der Waals surface area contributed by atoms with Gasteiger partial charge in [0.05, 0.1) is 17.4 Å². The molecule has 4 rings (SSSR count).